The third kappa shape index (κ3) is 5.41. The number of rotatable bonds is 9. The molecule has 3 rings (SSSR count). The van der Waals surface area contributed by atoms with Crippen molar-refractivity contribution in [3.8, 4) is 17.1 Å². The van der Waals surface area contributed by atoms with Gasteiger partial charge in [-0.3, -0.25) is 14.9 Å². The third-order valence-electron chi connectivity index (χ3n) is 4.39. The van der Waals surface area contributed by atoms with E-state index in [9.17, 15) is 19.3 Å². The Hall–Kier alpha value is -3.47. The second kappa shape index (κ2) is 10.2. The number of nitro benzene ring substituents is 1. The van der Waals surface area contributed by atoms with Crippen molar-refractivity contribution in [1.29, 1.82) is 0 Å². The minimum absolute atomic E-state index is 0.0588. The lowest BCUT2D eigenvalue weighted by molar-refractivity contribution is -0.384. The number of thioether (sulfide) groups is 1. The van der Waals surface area contributed by atoms with Gasteiger partial charge in [0.2, 0.25) is 5.91 Å². The summed E-state index contributed by atoms with van der Waals surface area (Å²) in [6, 6.07) is 10.5. The quantitative estimate of drug-likeness (QED) is 0.287. The number of anilines is 1. The summed E-state index contributed by atoms with van der Waals surface area (Å²) in [6.45, 7) is 4.55. The molecule has 32 heavy (non-hydrogen) atoms. The molecular formula is C21H22FN5O4S. The minimum atomic E-state index is -0.592. The van der Waals surface area contributed by atoms with Gasteiger partial charge >= 0.3 is 0 Å². The number of hydrogen-bond donors (Lipinski definition) is 1. The summed E-state index contributed by atoms with van der Waals surface area (Å²) in [5.74, 6) is 0.000880. The number of nitro groups is 1. The van der Waals surface area contributed by atoms with Gasteiger partial charge in [0.25, 0.3) is 5.69 Å². The topological polar surface area (TPSA) is 112 Å². The molecule has 168 valence electrons. The molecule has 0 spiro atoms. The molecule has 0 unspecified atom stereocenters. The van der Waals surface area contributed by atoms with Crippen LogP contribution in [0.5, 0.6) is 5.75 Å². The first-order valence-corrected chi connectivity index (χ1v) is 10.7. The lowest BCUT2D eigenvalue weighted by Gasteiger charge is -2.13. The molecule has 11 heteroatoms. The van der Waals surface area contributed by atoms with Crippen molar-refractivity contribution in [3.05, 3.63) is 58.4 Å². The Morgan fingerprint density at radius 2 is 2.03 bits per heavy atom. The summed E-state index contributed by atoms with van der Waals surface area (Å²) in [5.41, 5.74) is 0.121. The predicted molar refractivity (Wildman–Crippen MR) is 119 cm³/mol. The largest absolute Gasteiger partial charge is 0.496 e. The van der Waals surface area contributed by atoms with Crippen LogP contribution in [-0.4, -0.2) is 38.5 Å². The van der Waals surface area contributed by atoms with Crippen LogP contribution in [-0.2, 0) is 11.3 Å². The number of methoxy groups -OCH3 is 1. The normalized spacial score (nSPS) is 10.9. The van der Waals surface area contributed by atoms with Crippen molar-refractivity contribution >= 4 is 29.0 Å². The molecule has 0 aliphatic heterocycles. The first-order valence-electron chi connectivity index (χ1n) is 9.73. The highest BCUT2D eigenvalue weighted by Crippen LogP contribution is 2.30. The summed E-state index contributed by atoms with van der Waals surface area (Å²) in [4.78, 5) is 23.2. The maximum atomic E-state index is 14.3. The van der Waals surface area contributed by atoms with Crippen molar-refractivity contribution < 1.29 is 18.8 Å². The standard InChI is InChI=1S/C21H22FN5O4S/c1-13(2)11-26-20(15-6-4-5-7-16(15)22)24-25-21(26)32-12-19(28)23-17-9-8-14(31-3)10-18(17)27(29)30/h4-10,13H,11-12H2,1-3H3,(H,23,28). The zero-order valence-electron chi connectivity index (χ0n) is 17.7. The molecular weight excluding hydrogens is 437 g/mol. The van der Waals surface area contributed by atoms with Crippen molar-refractivity contribution in [2.24, 2.45) is 5.92 Å². The maximum absolute atomic E-state index is 14.3. The SMILES string of the molecule is COc1ccc(NC(=O)CSc2nnc(-c3ccccc3F)n2CC(C)C)c([N+](=O)[O-])c1. The average molecular weight is 460 g/mol. The van der Waals surface area contributed by atoms with Gasteiger partial charge in [-0.1, -0.05) is 37.7 Å². The smallest absolute Gasteiger partial charge is 0.296 e. The molecule has 0 bridgehead atoms. The van der Waals surface area contributed by atoms with E-state index < -0.39 is 16.6 Å². The Labute approximate surface area is 188 Å². The lowest BCUT2D eigenvalue weighted by atomic mass is 10.2. The van der Waals surface area contributed by atoms with Crippen LogP contribution in [0.15, 0.2) is 47.6 Å². The van der Waals surface area contributed by atoms with E-state index in [4.69, 9.17) is 4.74 Å². The number of nitrogens with zero attached hydrogens (tertiary/aromatic N) is 4. The maximum Gasteiger partial charge on any atom is 0.296 e. The first-order chi connectivity index (χ1) is 15.3. The molecule has 0 radical (unpaired) electrons. The van der Waals surface area contributed by atoms with Crippen LogP contribution in [0.4, 0.5) is 15.8 Å². The molecule has 9 nitrogen and oxygen atoms in total. The Balaban J connectivity index is 1.78. The van der Waals surface area contributed by atoms with Gasteiger partial charge in [0.1, 0.15) is 17.3 Å². The zero-order valence-corrected chi connectivity index (χ0v) is 18.6. The van der Waals surface area contributed by atoms with Gasteiger partial charge < -0.3 is 14.6 Å². The summed E-state index contributed by atoms with van der Waals surface area (Å²) in [7, 11) is 1.40. The van der Waals surface area contributed by atoms with Gasteiger partial charge in [0, 0.05) is 6.54 Å². The number of benzene rings is 2. The van der Waals surface area contributed by atoms with Crippen LogP contribution < -0.4 is 10.1 Å². The Morgan fingerprint density at radius 1 is 1.28 bits per heavy atom. The van der Waals surface area contributed by atoms with Crippen molar-refractivity contribution in [2.45, 2.75) is 25.5 Å². The van der Waals surface area contributed by atoms with Gasteiger partial charge in [-0.25, -0.2) is 4.39 Å². The molecule has 0 atom stereocenters. The van der Waals surface area contributed by atoms with E-state index in [0.717, 1.165) is 11.8 Å². The lowest BCUT2D eigenvalue weighted by Crippen LogP contribution is -2.16. The van der Waals surface area contributed by atoms with E-state index in [1.165, 1.54) is 31.4 Å². The molecule has 1 heterocycles. The fraction of sp³-hybridized carbons (Fsp3) is 0.286. The first kappa shape index (κ1) is 23.2. The van der Waals surface area contributed by atoms with Crippen LogP contribution in [0.2, 0.25) is 0 Å². The predicted octanol–water partition coefficient (Wildman–Crippen LogP) is 4.39. The fourth-order valence-corrected chi connectivity index (χ4v) is 3.73. The summed E-state index contributed by atoms with van der Waals surface area (Å²) in [6.07, 6.45) is 0. The summed E-state index contributed by atoms with van der Waals surface area (Å²) < 4.78 is 21.1. The van der Waals surface area contributed by atoms with Gasteiger partial charge in [-0.05, 0) is 30.2 Å². The van der Waals surface area contributed by atoms with Crippen molar-refractivity contribution in [2.75, 3.05) is 18.2 Å². The van der Waals surface area contributed by atoms with Gasteiger partial charge in [0.05, 0.1) is 29.4 Å². The fourth-order valence-electron chi connectivity index (χ4n) is 2.98. The Bertz CT molecular complexity index is 1140. The van der Waals surface area contributed by atoms with Crippen LogP contribution in [0.25, 0.3) is 11.4 Å². The van der Waals surface area contributed by atoms with Crippen LogP contribution >= 0.6 is 11.8 Å². The molecule has 1 aromatic heterocycles. The number of hydrogen-bond acceptors (Lipinski definition) is 7. The number of carbonyl (C=O) groups is 1. The zero-order chi connectivity index (χ0) is 23.3. The molecule has 0 aliphatic rings. The molecule has 1 amide bonds. The Kier molecular flexibility index (Phi) is 7.41. The monoisotopic (exact) mass is 459 g/mol. The van der Waals surface area contributed by atoms with Gasteiger partial charge in [0.15, 0.2) is 11.0 Å². The molecule has 0 saturated carbocycles. The second-order valence-corrected chi connectivity index (χ2v) is 8.21. The van der Waals surface area contributed by atoms with E-state index in [0.29, 0.717) is 28.8 Å². The molecule has 0 fully saturated rings. The summed E-state index contributed by atoms with van der Waals surface area (Å²) >= 11 is 1.12. The van der Waals surface area contributed by atoms with Gasteiger partial charge in [-0.2, -0.15) is 0 Å². The highest BCUT2D eigenvalue weighted by atomic mass is 32.2. The summed E-state index contributed by atoms with van der Waals surface area (Å²) in [5, 5.41) is 22.6. The second-order valence-electron chi connectivity index (χ2n) is 7.27. The third-order valence-corrected chi connectivity index (χ3v) is 5.35. The van der Waals surface area contributed by atoms with E-state index in [1.54, 1.807) is 22.8 Å². The number of halogens is 1. The van der Waals surface area contributed by atoms with E-state index >= 15 is 0 Å². The van der Waals surface area contributed by atoms with Crippen molar-refractivity contribution in [3.63, 3.8) is 0 Å². The molecule has 1 N–H and O–H groups in total. The number of amides is 1. The number of carbonyl (C=O) groups excluding carboxylic acids is 1. The van der Waals surface area contributed by atoms with E-state index in [-0.39, 0.29) is 23.0 Å². The molecule has 0 aliphatic carbocycles. The molecule has 0 saturated heterocycles. The molecule has 2 aromatic carbocycles. The minimum Gasteiger partial charge on any atom is -0.496 e. The molecule has 3 aromatic rings. The highest BCUT2D eigenvalue weighted by Gasteiger charge is 2.20. The average Bonchev–Trinajstić information content (AvgIpc) is 3.14. The van der Waals surface area contributed by atoms with Crippen LogP contribution in [0, 0.1) is 21.8 Å². The van der Waals surface area contributed by atoms with E-state index in [2.05, 4.69) is 15.5 Å². The van der Waals surface area contributed by atoms with Crippen LogP contribution in [0.3, 0.4) is 0 Å². The van der Waals surface area contributed by atoms with E-state index in [1.807, 2.05) is 13.8 Å². The van der Waals surface area contributed by atoms with Crippen molar-refractivity contribution in [1.82, 2.24) is 14.8 Å². The number of aromatic nitrogens is 3. The van der Waals surface area contributed by atoms with Gasteiger partial charge in [-0.15, -0.1) is 10.2 Å². The Morgan fingerprint density at radius 3 is 2.69 bits per heavy atom. The van der Waals surface area contributed by atoms with Crippen LogP contribution in [0.1, 0.15) is 13.8 Å². The highest BCUT2D eigenvalue weighted by molar-refractivity contribution is 7.99. The number of ether oxygens (including phenoxy) is 1. The number of nitrogens with one attached hydrogen (secondary N) is 1.